The molecule has 2 rings (SSSR count). The van der Waals surface area contributed by atoms with E-state index in [-0.39, 0.29) is 0 Å². The summed E-state index contributed by atoms with van der Waals surface area (Å²) in [5.74, 6) is 0.952. The Labute approximate surface area is 127 Å². The highest BCUT2D eigenvalue weighted by Gasteiger charge is 2.22. The summed E-state index contributed by atoms with van der Waals surface area (Å²) in [7, 11) is -3.31. The van der Waals surface area contributed by atoms with Crippen molar-refractivity contribution in [2.24, 2.45) is 11.8 Å². The smallest absolute Gasteiger partial charge is 0.264 e. The molecule has 0 aromatic heterocycles. The second-order valence-corrected chi connectivity index (χ2v) is 7.52. The lowest BCUT2D eigenvalue weighted by Crippen LogP contribution is -2.22. The third-order valence-corrected chi connectivity index (χ3v) is 4.51. The molecule has 1 aliphatic rings. The van der Waals surface area contributed by atoms with Crippen molar-refractivity contribution in [3.05, 3.63) is 35.9 Å². The largest absolute Gasteiger partial charge is 0.376 e. The molecule has 0 saturated heterocycles. The minimum Gasteiger partial charge on any atom is -0.376 e. The van der Waals surface area contributed by atoms with E-state index in [4.69, 9.17) is 8.92 Å². The van der Waals surface area contributed by atoms with Crippen LogP contribution >= 0.6 is 0 Å². The quantitative estimate of drug-likeness (QED) is 0.726. The van der Waals surface area contributed by atoms with Gasteiger partial charge in [0.25, 0.3) is 10.1 Å². The van der Waals surface area contributed by atoms with Crippen LogP contribution in [0.3, 0.4) is 0 Å². The highest BCUT2D eigenvalue weighted by Crippen LogP contribution is 2.29. The van der Waals surface area contributed by atoms with Gasteiger partial charge in [-0.15, -0.1) is 0 Å². The Morgan fingerprint density at radius 1 is 1.00 bits per heavy atom. The van der Waals surface area contributed by atoms with Gasteiger partial charge in [0.15, 0.2) is 0 Å². The van der Waals surface area contributed by atoms with Crippen LogP contribution in [0.1, 0.15) is 31.2 Å². The Bertz CT molecular complexity index is 504. The monoisotopic (exact) mass is 312 g/mol. The SMILES string of the molecule is CS(=O)(=O)OC[C@H]1CC[C@H](COCc2ccccc2)CC1. The van der Waals surface area contributed by atoms with Crippen LogP contribution in [0.15, 0.2) is 30.3 Å². The number of ether oxygens (including phenoxy) is 1. The zero-order valence-electron chi connectivity index (χ0n) is 12.5. The molecule has 0 atom stereocenters. The maximum Gasteiger partial charge on any atom is 0.264 e. The van der Waals surface area contributed by atoms with Gasteiger partial charge in [-0.05, 0) is 43.1 Å². The van der Waals surface area contributed by atoms with Crippen molar-refractivity contribution in [1.82, 2.24) is 0 Å². The lowest BCUT2D eigenvalue weighted by atomic mass is 9.83. The van der Waals surface area contributed by atoms with Gasteiger partial charge in [0.1, 0.15) is 0 Å². The van der Waals surface area contributed by atoms with Crippen molar-refractivity contribution in [2.75, 3.05) is 19.5 Å². The lowest BCUT2D eigenvalue weighted by molar-refractivity contribution is 0.0623. The Balaban J connectivity index is 1.61. The Morgan fingerprint density at radius 2 is 1.57 bits per heavy atom. The average molecular weight is 312 g/mol. The van der Waals surface area contributed by atoms with Crippen LogP contribution in [0.2, 0.25) is 0 Å². The summed E-state index contributed by atoms with van der Waals surface area (Å²) in [6.45, 7) is 1.78. The van der Waals surface area contributed by atoms with E-state index in [9.17, 15) is 8.42 Å². The van der Waals surface area contributed by atoms with Gasteiger partial charge < -0.3 is 4.74 Å². The zero-order chi connectivity index (χ0) is 15.1. The minimum atomic E-state index is -3.31. The number of hydrogen-bond acceptors (Lipinski definition) is 4. The van der Waals surface area contributed by atoms with Gasteiger partial charge in [-0.1, -0.05) is 30.3 Å². The molecule has 5 heteroatoms. The predicted octanol–water partition coefficient (Wildman–Crippen LogP) is 2.99. The molecule has 0 aliphatic heterocycles. The van der Waals surface area contributed by atoms with Crippen molar-refractivity contribution in [3.8, 4) is 0 Å². The Hall–Kier alpha value is -0.910. The molecule has 0 spiro atoms. The summed E-state index contributed by atoms with van der Waals surface area (Å²) in [6.07, 6.45) is 5.33. The zero-order valence-corrected chi connectivity index (χ0v) is 13.3. The third kappa shape index (κ3) is 6.59. The first kappa shape index (κ1) is 16.5. The van der Waals surface area contributed by atoms with Crippen LogP contribution in [0, 0.1) is 11.8 Å². The molecule has 0 heterocycles. The van der Waals surface area contributed by atoms with Crippen LogP contribution in [0.4, 0.5) is 0 Å². The molecule has 0 unspecified atom stereocenters. The summed E-state index contributed by atoms with van der Waals surface area (Å²) >= 11 is 0. The van der Waals surface area contributed by atoms with Crippen molar-refractivity contribution < 1.29 is 17.3 Å². The van der Waals surface area contributed by atoms with E-state index in [1.165, 1.54) is 5.56 Å². The van der Waals surface area contributed by atoms with Crippen molar-refractivity contribution >= 4 is 10.1 Å². The van der Waals surface area contributed by atoms with Crippen LogP contribution in [0.25, 0.3) is 0 Å². The van der Waals surface area contributed by atoms with E-state index in [0.29, 0.717) is 25.0 Å². The fraction of sp³-hybridized carbons (Fsp3) is 0.625. The van der Waals surface area contributed by atoms with Gasteiger partial charge in [-0.2, -0.15) is 8.42 Å². The van der Waals surface area contributed by atoms with Crippen LogP contribution in [-0.4, -0.2) is 27.9 Å². The lowest BCUT2D eigenvalue weighted by Gasteiger charge is -2.27. The maximum atomic E-state index is 11.0. The number of benzene rings is 1. The average Bonchev–Trinajstić information content (AvgIpc) is 2.47. The molecule has 1 saturated carbocycles. The third-order valence-electron chi connectivity index (χ3n) is 3.95. The van der Waals surface area contributed by atoms with E-state index in [2.05, 4.69) is 12.1 Å². The highest BCUT2D eigenvalue weighted by molar-refractivity contribution is 7.85. The molecule has 0 N–H and O–H groups in total. The van der Waals surface area contributed by atoms with E-state index in [1.54, 1.807) is 0 Å². The van der Waals surface area contributed by atoms with E-state index in [0.717, 1.165) is 38.5 Å². The van der Waals surface area contributed by atoms with Crippen LogP contribution in [-0.2, 0) is 25.6 Å². The van der Waals surface area contributed by atoms with Gasteiger partial charge >= 0.3 is 0 Å². The summed E-state index contributed by atoms with van der Waals surface area (Å²) in [5, 5.41) is 0. The second-order valence-electron chi connectivity index (χ2n) is 5.88. The van der Waals surface area contributed by atoms with E-state index in [1.807, 2.05) is 18.2 Å². The molecule has 1 aromatic carbocycles. The Morgan fingerprint density at radius 3 is 2.14 bits per heavy atom. The Kier molecular flexibility index (Phi) is 6.21. The summed E-state index contributed by atoms with van der Waals surface area (Å²) in [4.78, 5) is 0. The van der Waals surface area contributed by atoms with Gasteiger partial charge in [-0.3, -0.25) is 4.18 Å². The molecule has 21 heavy (non-hydrogen) atoms. The van der Waals surface area contributed by atoms with Gasteiger partial charge in [-0.25, -0.2) is 0 Å². The number of rotatable bonds is 7. The number of hydrogen-bond donors (Lipinski definition) is 0. The molecular weight excluding hydrogens is 288 g/mol. The first-order chi connectivity index (χ1) is 10.0. The maximum absolute atomic E-state index is 11.0. The summed E-state index contributed by atoms with van der Waals surface area (Å²) in [5.41, 5.74) is 1.20. The predicted molar refractivity (Wildman–Crippen MR) is 82.3 cm³/mol. The van der Waals surface area contributed by atoms with E-state index >= 15 is 0 Å². The highest BCUT2D eigenvalue weighted by atomic mass is 32.2. The molecular formula is C16H24O4S. The first-order valence-electron chi connectivity index (χ1n) is 7.49. The molecule has 1 aromatic rings. The van der Waals surface area contributed by atoms with Crippen LogP contribution < -0.4 is 0 Å². The molecule has 0 bridgehead atoms. The minimum absolute atomic E-state index is 0.330. The van der Waals surface area contributed by atoms with Crippen LogP contribution in [0.5, 0.6) is 0 Å². The molecule has 0 amide bonds. The fourth-order valence-corrected chi connectivity index (χ4v) is 3.14. The van der Waals surface area contributed by atoms with Crippen molar-refractivity contribution in [2.45, 2.75) is 32.3 Å². The molecule has 1 fully saturated rings. The van der Waals surface area contributed by atoms with E-state index < -0.39 is 10.1 Å². The fourth-order valence-electron chi connectivity index (χ4n) is 2.70. The molecule has 118 valence electrons. The van der Waals surface area contributed by atoms with Gasteiger partial charge in [0.05, 0.1) is 19.5 Å². The standard InChI is InChI=1S/C16H24O4S/c1-21(17,18)20-13-16-9-7-15(8-10-16)12-19-11-14-5-3-2-4-6-14/h2-6,15-16H,7-13H2,1H3/t15-,16-. The summed E-state index contributed by atoms with van der Waals surface area (Å²) < 4.78 is 32.6. The normalized spacial score (nSPS) is 23.1. The van der Waals surface area contributed by atoms with Crippen molar-refractivity contribution in [1.29, 1.82) is 0 Å². The molecule has 1 aliphatic carbocycles. The molecule has 4 nitrogen and oxygen atoms in total. The summed E-state index contributed by atoms with van der Waals surface area (Å²) in [6, 6.07) is 10.2. The molecule has 0 radical (unpaired) electrons. The van der Waals surface area contributed by atoms with Gasteiger partial charge in [0.2, 0.25) is 0 Å². The first-order valence-corrected chi connectivity index (χ1v) is 9.30. The van der Waals surface area contributed by atoms with Crippen molar-refractivity contribution in [3.63, 3.8) is 0 Å². The van der Waals surface area contributed by atoms with Gasteiger partial charge in [0, 0.05) is 6.61 Å². The topological polar surface area (TPSA) is 52.6 Å². The second kappa shape index (κ2) is 7.92.